The molecular formula is C24H22F4N4O. The second-order valence-corrected chi connectivity index (χ2v) is 7.91. The third-order valence-electron chi connectivity index (χ3n) is 5.48. The zero-order valence-corrected chi connectivity index (χ0v) is 17.9. The summed E-state index contributed by atoms with van der Waals surface area (Å²) < 4.78 is 52.9. The molecule has 1 aliphatic rings. The molecule has 0 aliphatic carbocycles. The molecule has 0 bridgehead atoms. The van der Waals surface area contributed by atoms with Crippen molar-refractivity contribution in [2.45, 2.75) is 32.4 Å². The minimum atomic E-state index is -4.63. The number of anilines is 2. The van der Waals surface area contributed by atoms with Crippen LogP contribution in [0.3, 0.4) is 0 Å². The van der Waals surface area contributed by atoms with Crippen molar-refractivity contribution in [3.8, 4) is 0 Å². The van der Waals surface area contributed by atoms with Crippen molar-refractivity contribution in [3.05, 3.63) is 82.3 Å². The Morgan fingerprint density at radius 3 is 2.73 bits per heavy atom. The number of alkyl halides is 3. The van der Waals surface area contributed by atoms with Crippen LogP contribution in [0.1, 0.15) is 46.0 Å². The molecule has 2 heterocycles. The first-order chi connectivity index (χ1) is 15.8. The van der Waals surface area contributed by atoms with Crippen LogP contribution in [-0.2, 0) is 19.0 Å². The van der Waals surface area contributed by atoms with E-state index in [1.807, 2.05) is 17.9 Å². The zero-order valence-electron chi connectivity index (χ0n) is 17.9. The summed E-state index contributed by atoms with van der Waals surface area (Å²) in [5.41, 5.74) is 2.14. The largest absolute Gasteiger partial charge is 0.416 e. The van der Waals surface area contributed by atoms with Crippen molar-refractivity contribution >= 4 is 17.4 Å². The fourth-order valence-electron chi connectivity index (χ4n) is 3.99. The lowest BCUT2D eigenvalue weighted by molar-refractivity contribution is -0.137. The molecule has 1 amide bonds. The lowest BCUT2D eigenvalue weighted by Gasteiger charge is -2.19. The minimum absolute atomic E-state index is 0.0729. The first-order valence-electron chi connectivity index (χ1n) is 10.6. The van der Waals surface area contributed by atoms with Gasteiger partial charge in [-0.3, -0.25) is 4.79 Å². The predicted octanol–water partition coefficient (Wildman–Crippen LogP) is 5.06. The topological polar surface area (TPSA) is 58.1 Å². The fraction of sp³-hybridized carbons (Fsp3) is 0.292. The second-order valence-electron chi connectivity index (χ2n) is 7.91. The molecule has 9 heteroatoms. The molecule has 172 valence electrons. The summed E-state index contributed by atoms with van der Waals surface area (Å²) >= 11 is 0. The van der Waals surface area contributed by atoms with E-state index >= 15 is 0 Å². The van der Waals surface area contributed by atoms with E-state index in [1.165, 1.54) is 6.20 Å². The van der Waals surface area contributed by atoms with E-state index in [4.69, 9.17) is 0 Å². The number of halogens is 4. The van der Waals surface area contributed by atoms with Crippen LogP contribution in [0.25, 0.3) is 0 Å². The molecule has 33 heavy (non-hydrogen) atoms. The average molecular weight is 458 g/mol. The summed E-state index contributed by atoms with van der Waals surface area (Å²) in [5, 5.41) is 11.1. The molecule has 3 aromatic rings. The van der Waals surface area contributed by atoms with Gasteiger partial charge in [0, 0.05) is 24.3 Å². The quantitative estimate of drug-likeness (QED) is 0.525. The normalized spacial score (nSPS) is 13.2. The van der Waals surface area contributed by atoms with Gasteiger partial charge >= 0.3 is 6.18 Å². The Bertz CT molecular complexity index is 1180. The van der Waals surface area contributed by atoms with Crippen LogP contribution >= 0.6 is 0 Å². The van der Waals surface area contributed by atoms with Crippen LogP contribution in [0.15, 0.2) is 48.7 Å². The van der Waals surface area contributed by atoms with Gasteiger partial charge in [0.25, 0.3) is 5.91 Å². The van der Waals surface area contributed by atoms with Crippen molar-refractivity contribution in [3.63, 3.8) is 0 Å². The van der Waals surface area contributed by atoms with E-state index in [1.54, 1.807) is 18.2 Å². The van der Waals surface area contributed by atoms with Crippen LogP contribution in [0.4, 0.5) is 29.1 Å². The van der Waals surface area contributed by atoms with E-state index in [2.05, 4.69) is 15.5 Å². The number of amides is 1. The highest BCUT2D eigenvalue weighted by Crippen LogP contribution is 2.36. The average Bonchev–Trinajstić information content (AvgIpc) is 3.21. The summed E-state index contributed by atoms with van der Waals surface area (Å²) in [6, 6.07) is 9.73. The maximum atomic E-state index is 13.8. The van der Waals surface area contributed by atoms with Crippen molar-refractivity contribution in [1.82, 2.24) is 15.5 Å². The Kier molecular flexibility index (Phi) is 6.31. The van der Waals surface area contributed by atoms with Crippen LogP contribution in [0, 0.1) is 5.82 Å². The van der Waals surface area contributed by atoms with Crippen molar-refractivity contribution < 1.29 is 22.4 Å². The molecule has 0 fully saturated rings. The van der Waals surface area contributed by atoms with Gasteiger partial charge in [0.1, 0.15) is 5.82 Å². The molecule has 5 nitrogen and oxygen atoms in total. The first kappa shape index (κ1) is 22.7. The molecule has 0 saturated heterocycles. The highest BCUT2D eigenvalue weighted by atomic mass is 19.4. The first-order valence-corrected chi connectivity index (χ1v) is 10.6. The Morgan fingerprint density at radius 1 is 1.15 bits per heavy atom. The number of carbonyl (C=O) groups excluding carboxylic acids is 1. The molecular weight excluding hydrogens is 436 g/mol. The van der Waals surface area contributed by atoms with Crippen LogP contribution in [-0.4, -0.2) is 29.2 Å². The van der Waals surface area contributed by atoms with E-state index in [0.29, 0.717) is 42.5 Å². The summed E-state index contributed by atoms with van der Waals surface area (Å²) in [6.45, 7) is 3.16. The fourth-order valence-corrected chi connectivity index (χ4v) is 3.99. The molecule has 0 saturated carbocycles. The zero-order chi connectivity index (χ0) is 23.6. The number of nitrogens with zero attached hydrogens (tertiary/aromatic N) is 3. The Hall–Kier alpha value is -3.49. The SMILES string of the molecule is CCCNC(=O)c1cccc2c1CCN2c1cc(Cc2cc(F)cc(C(F)(F)F)c2)cnn1. The lowest BCUT2D eigenvalue weighted by Crippen LogP contribution is -2.25. The minimum Gasteiger partial charge on any atom is -0.352 e. The van der Waals surface area contributed by atoms with Gasteiger partial charge in [0.15, 0.2) is 5.82 Å². The molecule has 0 spiro atoms. The van der Waals surface area contributed by atoms with Crippen molar-refractivity contribution in [2.75, 3.05) is 18.0 Å². The number of aromatic nitrogens is 2. The van der Waals surface area contributed by atoms with Gasteiger partial charge in [-0.25, -0.2) is 4.39 Å². The monoisotopic (exact) mass is 458 g/mol. The summed E-state index contributed by atoms with van der Waals surface area (Å²) in [4.78, 5) is 14.4. The molecule has 0 unspecified atom stereocenters. The molecule has 1 aliphatic heterocycles. The van der Waals surface area contributed by atoms with E-state index < -0.39 is 17.6 Å². The molecule has 0 radical (unpaired) electrons. The maximum absolute atomic E-state index is 13.8. The van der Waals surface area contributed by atoms with Gasteiger partial charge < -0.3 is 10.2 Å². The predicted molar refractivity (Wildman–Crippen MR) is 116 cm³/mol. The maximum Gasteiger partial charge on any atom is 0.416 e. The third-order valence-corrected chi connectivity index (χ3v) is 5.48. The van der Waals surface area contributed by atoms with E-state index in [9.17, 15) is 22.4 Å². The van der Waals surface area contributed by atoms with Gasteiger partial charge in [-0.1, -0.05) is 13.0 Å². The standard InChI is InChI=1S/C24H22F4N4O/c1-2-7-29-23(33)20-4-3-5-21-19(20)6-8-32(21)22-12-16(14-30-31-22)9-15-10-17(24(26,27)28)13-18(25)11-15/h3-5,10-14H,2,6-9H2,1H3,(H,29,33). The Balaban J connectivity index is 1.60. The number of fused-ring (bicyclic) bond motifs is 1. The smallest absolute Gasteiger partial charge is 0.352 e. The number of hydrogen-bond acceptors (Lipinski definition) is 4. The summed E-state index contributed by atoms with van der Waals surface area (Å²) in [6.07, 6.45) is -1.61. The van der Waals surface area contributed by atoms with Crippen LogP contribution in [0.2, 0.25) is 0 Å². The highest BCUT2D eigenvalue weighted by Gasteiger charge is 2.31. The van der Waals surface area contributed by atoms with Gasteiger partial charge in [0.2, 0.25) is 0 Å². The number of rotatable bonds is 6. The number of nitrogens with one attached hydrogen (secondary N) is 1. The molecule has 2 aromatic carbocycles. The second kappa shape index (κ2) is 9.17. The van der Waals surface area contributed by atoms with E-state index in [0.717, 1.165) is 29.8 Å². The van der Waals surface area contributed by atoms with Crippen LogP contribution in [0.5, 0.6) is 0 Å². The number of hydrogen-bond donors (Lipinski definition) is 1. The van der Waals surface area contributed by atoms with Gasteiger partial charge in [-0.2, -0.15) is 18.3 Å². The molecule has 1 N–H and O–H groups in total. The third kappa shape index (κ3) is 4.97. The molecule has 0 atom stereocenters. The van der Waals surface area contributed by atoms with E-state index in [-0.39, 0.29) is 17.9 Å². The van der Waals surface area contributed by atoms with Crippen molar-refractivity contribution in [2.24, 2.45) is 0 Å². The van der Waals surface area contributed by atoms with Gasteiger partial charge in [-0.15, -0.1) is 5.10 Å². The van der Waals surface area contributed by atoms with Crippen LogP contribution < -0.4 is 10.2 Å². The number of carbonyl (C=O) groups is 1. The summed E-state index contributed by atoms with van der Waals surface area (Å²) in [7, 11) is 0. The van der Waals surface area contributed by atoms with Gasteiger partial charge in [0.05, 0.1) is 11.8 Å². The molecule has 4 rings (SSSR count). The number of benzene rings is 2. The Labute approximate surface area is 188 Å². The Morgan fingerprint density at radius 2 is 1.97 bits per heavy atom. The van der Waals surface area contributed by atoms with Crippen molar-refractivity contribution in [1.29, 1.82) is 0 Å². The lowest BCUT2D eigenvalue weighted by atomic mass is 10.0. The summed E-state index contributed by atoms with van der Waals surface area (Å²) in [5.74, 6) is -0.545. The highest BCUT2D eigenvalue weighted by molar-refractivity contribution is 5.98. The molecule has 1 aromatic heterocycles. The van der Waals surface area contributed by atoms with Gasteiger partial charge in [-0.05, 0) is 72.4 Å².